The van der Waals surface area contributed by atoms with Crippen molar-refractivity contribution in [2.24, 2.45) is 10.8 Å². The van der Waals surface area contributed by atoms with Crippen molar-refractivity contribution in [2.75, 3.05) is 0 Å². The maximum absolute atomic E-state index is 10.7. The average Bonchev–Trinajstić information content (AvgIpc) is 2.49. The van der Waals surface area contributed by atoms with E-state index >= 15 is 0 Å². The summed E-state index contributed by atoms with van der Waals surface area (Å²) in [7, 11) is 0. The van der Waals surface area contributed by atoms with Crippen LogP contribution in [0, 0.1) is 13.8 Å². The number of hydrogen-bond acceptors (Lipinski definition) is 3. The van der Waals surface area contributed by atoms with E-state index < -0.39 is 6.03 Å². The first kappa shape index (κ1) is 17.0. The molecule has 0 fully saturated rings. The second-order valence-corrected chi connectivity index (χ2v) is 6.03. The van der Waals surface area contributed by atoms with E-state index in [1.807, 2.05) is 44.2 Å². The Morgan fingerprint density at radius 3 is 2.61 bits per heavy atom. The van der Waals surface area contributed by atoms with Gasteiger partial charge in [0.05, 0.1) is 6.21 Å². The summed E-state index contributed by atoms with van der Waals surface area (Å²) in [4.78, 5) is 10.7. The molecule has 0 radical (unpaired) electrons. The zero-order valence-electron chi connectivity index (χ0n) is 13.0. The average molecular weight is 376 g/mol. The number of aryl methyl sites for hydroxylation is 2. The molecule has 2 aromatic rings. The van der Waals surface area contributed by atoms with Gasteiger partial charge >= 0.3 is 6.03 Å². The summed E-state index contributed by atoms with van der Waals surface area (Å²) in [6.07, 6.45) is 1.57. The fourth-order valence-electron chi connectivity index (χ4n) is 2.07. The largest absolute Gasteiger partial charge is 0.489 e. The van der Waals surface area contributed by atoms with Gasteiger partial charge in [-0.05, 0) is 66.4 Å². The standard InChI is InChI=1S/C17H18BrN3O2/c1-11-7-12(2)14(8-13(11)9-20-21-17(19)22)10-23-16-5-3-15(18)4-6-16/h3-9H,10H2,1-2H3,(H3,19,21,22)/b20-9+. The summed E-state index contributed by atoms with van der Waals surface area (Å²) >= 11 is 3.40. The highest BCUT2D eigenvalue weighted by Crippen LogP contribution is 2.20. The monoisotopic (exact) mass is 375 g/mol. The molecule has 120 valence electrons. The topological polar surface area (TPSA) is 76.7 Å². The fraction of sp³-hybridized carbons (Fsp3) is 0.176. The number of halogens is 1. The van der Waals surface area contributed by atoms with Crippen molar-refractivity contribution in [3.05, 3.63) is 63.1 Å². The molecule has 0 bridgehead atoms. The molecular formula is C17H18BrN3O2. The Morgan fingerprint density at radius 2 is 1.96 bits per heavy atom. The number of urea groups is 1. The van der Waals surface area contributed by atoms with Crippen molar-refractivity contribution in [3.8, 4) is 5.75 Å². The molecule has 0 atom stereocenters. The number of nitrogens with one attached hydrogen (secondary N) is 1. The molecule has 2 rings (SSSR count). The molecule has 0 unspecified atom stereocenters. The van der Waals surface area contributed by atoms with Crippen LogP contribution in [0.4, 0.5) is 4.79 Å². The molecule has 3 N–H and O–H groups in total. The summed E-state index contributed by atoms with van der Waals surface area (Å²) in [6.45, 7) is 4.48. The van der Waals surface area contributed by atoms with E-state index in [-0.39, 0.29) is 0 Å². The van der Waals surface area contributed by atoms with Crippen LogP contribution in [0.15, 0.2) is 46.0 Å². The normalized spacial score (nSPS) is 10.7. The Morgan fingerprint density at radius 1 is 1.26 bits per heavy atom. The first-order valence-electron chi connectivity index (χ1n) is 7.02. The van der Waals surface area contributed by atoms with E-state index in [1.54, 1.807) is 6.21 Å². The molecule has 0 aromatic heterocycles. The third kappa shape index (κ3) is 5.10. The van der Waals surface area contributed by atoms with Gasteiger partial charge in [0, 0.05) is 4.47 Å². The molecule has 2 amide bonds. The van der Waals surface area contributed by atoms with Gasteiger partial charge in [0.1, 0.15) is 12.4 Å². The zero-order chi connectivity index (χ0) is 16.8. The SMILES string of the molecule is Cc1cc(C)c(COc2ccc(Br)cc2)cc1/C=N/NC(N)=O. The van der Waals surface area contributed by atoms with E-state index in [2.05, 4.69) is 32.5 Å². The predicted molar refractivity (Wildman–Crippen MR) is 94.7 cm³/mol. The third-order valence-corrected chi connectivity index (χ3v) is 3.84. The maximum atomic E-state index is 10.7. The number of hydrazone groups is 1. The number of nitrogens with two attached hydrogens (primary N) is 1. The van der Waals surface area contributed by atoms with Crippen molar-refractivity contribution in [1.29, 1.82) is 0 Å². The minimum absolute atomic E-state index is 0.456. The second-order valence-electron chi connectivity index (χ2n) is 5.11. The van der Waals surface area contributed by atoms with Crippen LogP contribution in [0.2, 0.25) is 0 Å². The number of carbonyl (C=O) groups is 1. The second kappa shape index (κ2) is 7.78. The maximum Gasteiger partial charge on any atom is 0.332 e. The lowest BCUT2D eigenvalue weighted by atomic mass is 10.0. The van der Waals surface area contributed by atoms with Gasteiger partial charge in [-0.2, -0.15) is 5.10 Å². The number of ether oxygens (including phenoxy) is 1. The van der Waals surface area contributed by atoms with Gasteiger partial charge in [-0.15, -0.1) is 0 Å². The van der Waals surface area contributed by atoms with Crippen LogP contribution >= 0.6 is 15.9 Å². The minimum atomic E-state index is -0.690. The number of rotatable bonds is 5. The Kier molecular flexibility index (Phi) is 5.76. The van der Waals surface area contributed by atoms with Crippen LogP contribution in [-0.4, -0.2) is 12.2 Å². The molecule has 0 spiro atoms. The highest BCUT2D eigenvalue weighted by molar-refractivity contribution is 9.10. The number of amides is 2. The van der Waals surface area contributed by atoms with Gasteiger partial charge < -0.3 is 10.5 Å². The van der Waals surface area contributed by atoms with Gasteiger partial charge in [0.25, 0.3) is 0 Å². The molecule has 0 aliphatic rings. The molecule has 23 heavy (non-hydrogen) atoms. The molecular weight excluding hydrogens is 358 g/mol. The van der Waals surface area contributed by atoms with Gasteiger partial charge in [-0.3, -0.25) is 0 Å². The van der Waals surface area contributed by atoms with Gasteiger partial charge in [-0.25, -0.2) is 10.2 Å². The van der Waals surface area contributed by atoms with E-state index in [0.717, 1.165) is 32.5 Å². The predicted octanol–water partition coefficient (Wildman–Crippen LogP) is 3.65. The number of hydrogen-bond donors (Lipinski definition) is 2. The van der Waals surface area contributed by atoms with E-state index in [9.17, 15) is 4.79 Å². The molecule has 6 heteroatoms. The molecule has 0 saturated heterocycles. The molecule has 2 aromatic carbocycles. The van der Waals surface area contributed by atoms with Crippen molar-refractivity contribution in [1.82, 2.24) is 5.43 Å². The smallest absolute Gasteiger partial charge is 0.332 e. The van der Waals surface area contributed by atoms with Crippen LogP contribution in [-0.2, 0) is 6.61 Å². The van der Waals surface area contributed by atoms with Gasteiger partial charge in [0.2, 0.25) is 0 Å². The summed E-state index contributed by atoms with van der Waals surface area (Å²) in [5, 5.41) is 3.81. The number of carbonyl (C=O) groups excluding carboxylic acids is 1. The Balaban J connectivity index is 2.13. The van der Waals surface area contributed by atoms with Crippen LogP contribution in [0.1, 0.15) is 22.3 Å². The molecule has 0 heterocycles. The van der Waals surface area contributed by atoms with E-state index in [4.69, 9.17) is 10.5 Å². The quantitative estimate of drug-likeness (QED) is 0.617. The lowest BCUT2D eigenvalue weighted by Gasteiger charge is -2.11. The summed E-state index contributed by atoms with van der Waals surface area (Å²) in [6, 6.07) is 11.1. The van der Waals surface area contributed by atoms with Gasteiger partial charge in [0.15, 0.2) is 0 Å². The van der Waals surface area contributed by atoms with Crippen molar-refractivity contribution in [2.45, 2.75) is 20.5 Å². The van der Waals surface area contributed by atoms with Crippen LogP contribution in [0.3, 0.4) is 0 Å². The van der Waals surface area contributed by atoms with E-state index in [1.165, 1.54) is 0 Å². The van der Waals surface area contributed by atoms with Gasteiger partial charge in [-0.1, -0.05) is 22.0 Å². The van der Waals surface area contributed by atoms with Crippen LogP contribution in [0.25, 0.3) is 0 Å². The molecule has 0 aliphatic heterocycles. The van der Waals surface area contributed by atoms with Crippen molar-refractivity contribution in [3.63, 3.8) is 0 Å². The first-order chi connectivity index (χ1) is 11.0. The lowest BCUT2D eigenvalue weighted by molar-refractivity contribution is 0.249. The summed E-state index contributed by atoms with van der Waals surface area (Å²) < 4.78 is 6.82. The Bertz CT molecular complexity index is 727. The first-order valence-corrected chi connectivity index (χ1v) is 7.82. The van der Waals surface area contributed by atoms with Crippen LogP contribution in [0.5, 0.6) is 5.75 Å². The zero-order valence-corrected chi connectivity index (χ0v) is 14.6. The molecule has 0 saturated carbocycles. The summed E-state index contributed by atoms with van der Waals surface area (Å²) in [5.74, 6) is 0.804. The van der Waals surface area contributed by atoms with Crippen molar-refractivity contribution >= 4 is 28.2 Å². The molecule has 0 aliphatic carbocycles. The Labute approximate surface area is 143 Å². The summed E-state index contributed by atoms with van der Waals surface area (Å²) in [5.41, 5.74) is 11.3. The Hall–Kier alpha value is -2.34. The minimum Gasteiger partial charge on any atom is -0.489 e. The molecule has 5 nitrogen and oxygen atoms in total. The number of benzene rings is 2. The van der Waals surface area contributed by atoms with Crippen molar-refractivity contribution < 1.29 is 9.53 Å². The van der Waals surface area contributed by atoms with Crippen LogP contribution < -0.4 is 15.9 Å². The third-order valence-electron chi connectivity index (χ3n) is 3.31. The van der Waals surface area contributed by atoms with E-state index in [0.29, 0.717) is 6.61 Å². The highest BCUT2D eigenvalue weighted by atomic mass is 79.9. The highest BCUT2D eigenvalue weighted by Gasteiger charge is 2.05. The number of nitrogens with zero attached hydrogens (tertiary/aromatic N) is 1. The fourth-order valence-corrected chi connectivity index (χ4v) is 2.33. The lowest BCUT2D eigenvalue weighted by Crippen LogP contribution is -2.24. The number of primary amides is 1.